The highest BCUT2D eigenvalue weighted by molar-refractivity contribution is 9.10. The molecule has 3 aromatic rings. The number of halogens is 2. The van der Waals surface area contributed by atoms with E-state index in [2.05, 4.69) is 25.9 Å². The quantitative estimate of drug-likeness (QED) is 0.593. The van der Waals surface area contributed by atoms with E-state index in [1.54, 1.807) is 4.40 Å². The van der Waals surface area contributed by atoms with E-state index in [9.17, 15) is 0 Å². The summed E-state index contributed by atoms with van der Waals surface area (Å²) in [6.07, 6.45) is 1.88. The largest absolute Gasteiger partial charge is 0.274 e. The van der Waals surface area contributed by atoms with Crippen LogP contribution in [-0.2, 0) is 0 Å². The summed E-state index contributed by atoms with van der Waals surface area (Å²) in [5.74, 6) is 0. The summed E-state index contributed by atoms with van der Waals surface area (Å²) in [6.45, 7) is 1.94. The molecular weight excluding hydrogens is 289 g/mol. The molecule has 5 heteroatoms. The number of aromatic nitrogens is 3. The van der Waals surface area contributed by atoms with Crippen LogP contribution in [0.2, 0.25) is 5.28 Å². The number of benzene rings is 1. The minimum atomic E-state index is 0.426. The first-order chi connectivity index (χ1) is 7.66. The Kier molecular flexibility index (Phi) is 2.16. The molecule has 16 heavy (non-hydrogen) atoms. The van der Waals surface area contributed by atoms with Gasteiger partial charge in [-0.15, -0.1) is 0 Å². The van der Waals surface area contributed by atoms with E-state index in [0.29, 0.717) is 5.28 Å². The minimum Gasteiger partial charge on any atom is -0.274 e. The average Bonchev–Trinajstić information content (AvgIpc) is 2.63. The molecule has 0 spiro atoms. The predicted octanol–water partition coefficient (Wildman–Crippen LogP) is 3.61. The summed E-state index contributed by atoms with van der Waals surface area (Å²) >= 11 is 9.58. The highest BCUT2D eigenvalue weighted by atomic mass is 79.9. The van der Waals surface area contributed by atoms with Crippen LogP contribution in [0.25, 0.3) is 16.6 Å². The van der Waals surface area contributed by atoms with E-state index < -0.39 is 0 Å². The molecule has 1 aromatic carbocycles. The first kappa shape index (κ1) is 10.1. The highest BCUT2D eigenvalue weighted by Gasteiger charge is 2.10. The molecule has 0 bridgehead atoms. The number of nitrogens with zero attached hydrogens (tertiary/aromatic N) is 3. The number of aryl methyl sites for hydroxylation is 1. The molecule has 2 heterocycles. The Labute approximate surface area is 105 Å². The van der Waals surface area contributed by atoms with Gasteiger partial charge in [0, 0.05) is 16.1 Å². The van der Waals surface area contributed by atoms with Crippen LogP contribution in [0.5, 0.6) is 0 Å². The SMILES string of the molecule is Cc1cn2c(Cl)nc3c(Br)cccc3c2n1. The van der Waals surface area contributed by atoms with Crippen molar-refractivity contribution in [1.29, 1.82) is 0 Å². The predicted molar refractivity (Wildman–Crippen MR) is 67.9 cm³/mol. The lowest BCUT2D eigenvalue weighted by Crippen LogP contribution is -1.92. The average molecular weight is 297 g/mol. The van der Waals surface area contributed by atoms with Gasteiger partial charge in [-0.1, -0.05) is 6.07 Å². The number of para-hydroxylation sites is 1. The molecule has 0 aliphatic heterocycles. The molecule has 2 aromatic heterocycles. The standard InChI is InChI=1S/C11H7BrClN3/c1-6-5-16-10(14-6)7-3-2-4-8(12)9(7)15-11(16)13/h2-5H,1H3. The summed E-state index contributed by atoms with van der Waals surface area (Å²) in [5, 5.41) is 1.42. The van der Waals surface area contributed by atoms with E-state index >= 15 is 0 Å². The number of hydrogen-bond donors (Lipinski definition) is 0. The fraction of sp³-hybridized carbons (Fsp3) is 0.0909. The van der Waals surface area contributed by atoms with E-state index in [1.807, 2.05) is 31.3 Å². The van der Waals surface area contributed by atoms with Gasteiger partial charge < -0.3 is 0 Å². The fourth-order valence-electron chi connectivity index (χ4n) is 1.78. The van der Waals surface area contributed by atoms with Crippen molar-refractivity contribution in [1.82, 2.24) is 14.4 Å². The lowest BCUT2D eigenvalue weighted by atomic mass is 10.2. The van der Waals surface area contributed by atoms with E-state index in [1.165, 1.54) is 0 Å². The fourth-order valence-corrected chi connectivity index (χ4v) is 2.45. The third-order valence-electron chi connectivity index (χ3n) is 2.46. The summed E-state index contributed by atoms with van der Waals surface area (Å²) in [6, 6.07) is 5.90. The first-order valence-corrected chi connectivity index (χ1v) is 5.93. The lowest BCUT2D eigenvalue weighted by molar-refractivity contribution is 1.12. The van der Waals surface area contributed by atoms with Crippen molar-refractivity contribution >= 4 is 44.1 Å². The molecule has 0 fully saturated rings. The summed E-state index contributed by atoms with van der Waals surface area (Å²) < 4.78 is 2.72. The number of hydrogen-bond acceptors (Lipinski definition) is 2. The van der Waals surface area contributed by atoms with E-state index in [0.717, 1.165) is 26.7 Å². The van der Waals surface area contributed by atoms with Crippen molar-refractivity contribution in [2.75, 3.05) is 0 Å². The molecule has 0 saturated carbocycles. The molecule has 0 saturated heterocycles. The van der Waals surface area contributed by atoms with Gasteiger partial charge in [0.25, 0.3) is 0 Å². The molecule has 0 aliphatic rings. The normalized spacial score (nSPS) is 11.4. The smallest absolute Gasteiger partial charge is 0.209 e. The third kappa shape index (κ3) is 1.33. The minimum absolute atomic E-state index is 0.426. The zero-order valence-electron chi connectivity index (χ0n) is 8.41. The van der Waals surface area contributed by atoms with Crippen LogP contribution in [0.3, 0.4) is 0 Å². The van der Waals surface area contributed by atoms with Crippen LogP contribution >= 0.6 is 27.5 Å². The van der Waals surface area contributed by atoms with Gasteiger partial charge in [0.2, 0.25) is 5.28 Å². The van der Waals surface area contributed by atoms with Gasteiger partial charge in [0.15, 0.2) is 0 Å². The number of fused-ring (bicyclic) bond motifs is 3. The Morgan fingerprint density at radius 1 is 1.31 bits per heavy atom. The zero-order valence-corrected chi connectivity index (χ0v) is 10.7. The van der Waals surface area contributed by atoms with Crippen molar-refractivity contribution in [3.8, 4) is 0 Å². The first-order valence-electron chi connectivity index (χ1n) is 4.76. The third-order valence-corrected chi connectivity index (χ3v) is 3.36. The van der Waals surface area contributed by atoms with Gasteiger partial charge in [-0.05, 0) is 46.6 Å². The highest BCUT2D eigenvalue weighted by Crippen LogP contribution is 2.27. The van der Waals surface area contributed by atoms with Gasteiger partial charge in [-0.3, -0.25) is 4.40 Å². The summed E-state index contributed by atoms with van der Waals surface area (Å²) in [4.78, 5) is 8.82. The second-order valence-corrected chi connectivity index (χ2v) is 4.79. The van der Waals surface area contributed by atoms with Gasteiger partial charge in [-0.2, -0.15) is 0 Å². The Morgan fingerprint density at radius 2 is 2.12 bits per heavy atom. The van der Waals surface area contributed by atoms with Gasteiger partial charge in [0.05, 0.1) is 11.2 Å². The second kappa shape index (κ2) is 3.43. The van der Waals surface area contributed by atoms with Crippen molar-refractivity contribution < 1.29 is 0 Å². The molecule has 0 radical (unpaired) electrons. The maximum Gasteiger partial charge on any atom is 0.209 e. The molecular formula is C11H7BrClN3. The molecule has 0 N–H and O–H groups in total. The van der Waals surface area contributed by atoms with Crippen LogP contribution in [0.15, 0.2) is 28.9 Å². The molecule has 0 atom stereocenters. The van der Waals surface area contributed by atoms with Crippen LogP contribution in [-0.4, -0.2) is 14.4 Å². The van der Waals surface area contributed by atoms with E-state index in [-0.39, 0.29) is 0 Å². The van der Waals surface area contributed by atoms with Gasteiger partial charge in [-0.25, -0.2) is 9.97 Å². The number of imidazole rings is 1. The molecule has 3 rings (SSSR count). The maximum absolute atomic E-state index is 6.11. The zero-order chi connectivity index (χ0) is 11.3. The molecule has 3 nitrogen and oxygen atoms in total. The molecule has 0 aliphatic carbocycles. The van der Waals surface area contributed by atoms with Crippen LogP contribution in [0, 0.1) is 6.92 Å². The molecule has 0 amide bonds. The van der Waals surface area contributed by atoms with Crippen LogP contribution in [0.4, 0.5) is 0 Å². The molecule has 0 unspecified atom stereocenters. The van der Waals surface area contributed by atoms with Crippen LogP contribution in [0.1, 0.15) is 5.69 Å². The Morgan fingerprint density at radius 3 is 2.94 bits per heavy atom. The summed E-state index contributed by atoms with van der Waals surface area (Å²) in [7, 11) is 0. The summed E-state index contributed by atoms with van der Waals surface area (Å²) in [5.41, 5.74) is 2.61. The van der Waals surface area contributed by atoms with Gasteiger partial charge in [0.1, 0.15) is 5.65 Å². The maximum atomic E-state index is 6.11. The van der Waals surface area contributed by atoms with Crippen molar-refractivity contribution in [3.05, 3.63) is 39.8 Å². The van der Waals surface area contributed by atoms with Gasteiger partial charge >= 0.3 is 0 Å². The Balaban J connectivity index is 2.63. The lowest BCUT2D eigenvalue weighted by Gasteiger charge is -2.03. The second-order valence-electron chi connectivity index (χ2n) is 3.59. The number of rotatable bonds is 0. The topological polar surface area (TPSA) is 30.2 Å². The van der Waals surface area contributed by atoms with Crippen molar-refractivity contribution in [2.24, 2.45) is 0 Å². The van der Waals surface area contributed by atoms with Crippen molar-refractivity contribution in [2.45, 2.75) is 6.92 Å². The van der Waals surface area contributed by atoms with E-state index in [4.69, 9.17) is 11.6 Å². The van der Waals surface area contributed by atoms with Crippen LogP contribution < -0.4 is 0 Å². The van der Waals surface area contributed by atoms with Crippen molar-refractivity contribution in [3.63, 3.8) is 0 Å². The Hall–Kier alpha value is -1.13. The Bertz CT molecular complexity index is 705. The monoisotopic (exact) mass is 295 g/mol. The molecule has 80 valence electrons.